The summed E-state index contributed by atoms with van der Waals surface area (Å²) < 4.78 is 5.40. The maximum atomic E-state index is 11.9. The van der Waals surface area contributed by atoms with Gasteiger partial charge in [0.2, 0.25) is 0 Å². The smallest absolute Gasteiger partial charge is 0.271 e. The average Bonchev–Trinajstić information content (AvgIpc) is 3.17. The summed E-state index contributed by atoms with van der Waals surface area (Å²) in [6.07, 6.45) is 2.15. The fraction of sp³-hybridized carbons (Fsp3) is 0.333. The van der Waals surface area contributed by atoms with E-state index in [-0.39, 0.29) is 5.91 Å². The lowest BCUT2D eigenvalue weighted by Crippen LogP contribution is -2.25. The molecule has 1 aromatic carbocycles. The molecule has 0 spiro atoms. The number of benzene rings is 1. The second-order valence-electron chi connectivity index (χ2n) is 4.87. The summed E-state index contributed by atoms with van der Waals surface area (Å²) in [6.45, 7) is 2.61. The number of carbonyl (C=O) groups excluding carboxylic acids is 1. The van der Waals surface area contributed by atoms with Crippen LogP contribution in [0, 0.1) is 0 Å². The number of thiazole rings is 1. The molecule has 110 valence electrons. The molecule has 1 amide bonds. The number of amides is 1. The SMILES string of the molecule is CCOc1ccc(Nc2nc(C(=O)NC3CC3)cs2)cc1. The molecule has 2 aromatic rings. The number of nitrogens with zero attached hydrogens (tertiary/aromatic N) is 1. The molecule has 6 heteroatoms. The highest BCUT2D eigenvalue weighted by atomic mass is 32.1. The van der Waals surface area contributed by atoms with Crippen molar-refractivity contribution in [2.75, 3.05) is 11.9 Å². The first-order valence-electron chi connectivity index (χ1n) is 7.01. The minimum absolute atomic E-state index is 0.0894. The Balaban J connectivity index is 1.61. The topological polar surface area (TPSA) is 63.2 Å². The highest BCUT2D eigenvalue weighted by Crippen LogP contribution is 2.24. The number of hydrogen-bond donors (Lipinski definition) is 2. The van der Waals surface area contributed by atoms with Gasteiger partial charge in [-0.2, -0.15) is 0 Å². The van der Waals surface area contributed by atoms with E-state index in [4.69, 9.17) is 4.74 Å². The zero-order valence-electron chi connectivity index (χ0n) is 11.8. The standard InChI is InChI=1S/C15H17N3O2S/c1-2-20-12-7-5-11(6-8-12)17-15-18-13(9-21-15)14(19)16-10-3-4-10/h5-10H,2-4H2,1H3,(H,16,19)(H,17,18). The third-order valence-electron chi connectivity index (χ3n) is 3.07. The monoisotopic (exact) mass is 303 g/mol. The Hall–Kier alpha value is -2.08. The van der Waals surface area contributed by atoms with E-state index in [9.17, 15) is 4.79 Å². The van der Waals surface area contributed by atoms with E-state index in [0.29, 0.717) is 23.5 Å². The molecule has 0 atom stereocenters. The molecule has 1 aliphatic carbocycles. The lowest BCUT2D eigenvalue weighted by Gasteiger charge is -2.05. The fourth-order valence-electron chi connectivity index (χ4n) is 1.85. The minimum atomic E-state index is -0.0894. The molecule has 0 radical (unpaired) electrons. The van der Waals surface area contributed by atoms with Crippen LogP contribution in [0.1, 0.15) is 30.3 Å². The molecule has 0 aliphatic heterocycles. The first-order chi connectivity index (χ1) is 10.2. The lowest BCUT2D eigenvalue weighted by atomic mass is 10.3. The van der Waals surface area contributed by atoms with Crippen molar-refractivity contribution in [2.24, 2.45) is 0 Å². The Kier molecular flexibility index (Phi) is 4.06. The van der Waals surface area contributed by atoms with E-state index < -0.39 is 0 Å². The third-order valence-corrected chi connectivity index (χ3v) is 3.82. The van der Waals surface area contributed by atoms with Crippen LogP contribution in [0.2, 0.25) is 0 Å². The Labute approximate surface area is 127 Å². The van der Waals surface area contributed by atoms with Gasteiger partial charge in [-0.3, -0.25) is 4.79 Å². The number of carbonyl (C=O) groups is 1. The molecule has 2 N–H and O–H groups in total. The van der Waals surface area contributed by atoms with Crippen molar-refractivity contribution < 1.29 is 9.53 Å². The molecule has 0 bridgehead atoms. The van der Waals surface area contributed by atoms with Crippen molar-refractivity contribution in [3.05, 3.63) is 35.3 Å². The maximum absolute atomic E-state index is 11.9. The Morgan fingerprint density at radius 3 is 2.81 bits per heavy atom. The van der Waals surface area contributed by atoms with Crippen molar-refractivity contribution in [2.45, 2.75) is 25.8 Å². The van der Waals surface area contributed by atoms with Gasteiger partial charge in [0.05, 0.1) is 6.61 Å². The van der Waals surface area contributed by atoms with Gasteiger partial charge in [-0.1, -0.05) is 0 Å². The van der Waals surface area contributed by atoms with E-state index in [1.165, 1.54) is 11.3 Å². The summed E-state index contributed by atoms with van der Waals surface area (Å²) in [5.41, 5.74) is 1.39. The number of aromatic nitrogens is 1. The van der Waals surface area contributed by atoms with Crippen molar-refractivity contribution in [3.8, 4) is 5.75 Å². The fourth-order valence-corrected chi connectivity index (χ4v) is 2.56. The molecule has 1 aromatic heterocycles. The van der Waals surface area contributed by atoms with Gasteiger partial charge in [-0.25, -0.2) is 4.98 Å². The van der Waals surface area contributed by atoms with E-state index in [1.54, 1.807) is 5.38 Å². The first-order valence-corrected chi connectivity index (χ1v) is 7.89. The van der Waals surface area contributed by atoms with Crippen LogP contribution in [0.3, 0.4) is 0 Å². The molecule has 0 unspecified atom stereocenters. The van der Waals surface area contributed by atoms with Crippen LogP contribution in [0.5, 0.6) is 5.75 Å². The number of hydrogen-bond acceptors (Lipinski definition) is 5. The number of rotatable bonds is 6. The first kappa shape index (κ1) is 13.9. The Bertz CT molecular complexity index is 620. The largest absolute Gasteiger partial charge is 0.494 e. The normalized spacial score (nSPS) is 13.8. The highest BCUT2D eigenvalue weighted by molar-refractivity contribution is 7.14. The average molecular weight is 303 g/mol. The zero-order chi connectivity index (χ0) is 14.7. The summed E-state index contributed by atoms with van der Waals surface area (Å²) in [4.78, 5) is 16.2. The quantitative estimate of drug-likeness (QED) is 0.860. The summed E-state index contributed by atoms with van der Waals surface area (Å²) in [5, 5.41) is 8.60. The van der Waals surface area contributed by atoms with Crippen molar-refractivity contribution in [1.82, 2.24) is 10.3 Å². The molecule has 1 fully saturated rings. The van der Waals surface area contributed by atoms with Crippen molar-refractivity contribution >= 4 is 28.1 Å². The molecular formula is C15H17N3O2S. The van der Waals surface area contributed by atoms with Crippen LogP contribution >= 0.6 is 11.3 Å². The van der Waals surface area contributed by atoms with Gasteiger partial charge in [0, 0.05) is 17.1 Å². The van der Waals surface area contributed by atoms with Crippen molar-refractivity contribution in [3.63, 3.8) is 0 Å². The number of anilines is 2. The molecule has 3 rings (SSSR count). The van der Waals surface area contributed by atoms with E-state index in [1.807, 2.05) is 31.2 Å². The molecule has 1 aliphatic rings. The lowest BCUT2D eigenvalue weighted by molar-refractivity contribution is 0.0947. The van der Waals surface area contributed by atoms with Crippen LogP contribution in [-0.4, -0.2) is 23.5 Å². The second kappa shape index (κ2) is 6.13. The van der Waals surface area contributed by atoms with Gasteiger partial charge in [0.1, 0.15) is 11.4 Å². The Morgan fingerprint density at radius 1 is 1.38 bits per heavy atom. The molecule has 0 saturated heterocycles. The maximum Gasteiger partial charge on any atom is 0.271 e. The molecule has 1 heterocycles. The zero-order valence-corrected chi connectivity index (χ0v) is 12.6. The third kappa shape index (κ3) is 3.72. The summed E-state index contributed by atoms with van der Waals surface area (Å²) in [7, 11) is 0. The summed E-state index contributed by atoms with van der Waals surface area (Å²) >= 11 is 1.42. The predicted octanol–water partition coefficient (Wildman–Crippen LogP) is 3.18. The highest BCUT2D eigenvalue weighted by Gasteiger charge is 2.24. The van der Waals surface area contributed by atoms with Gasteiger partial charge in [0.15, 0.2) is 5.13 Å². The van der Waals surface area contributed by atoms with Crippen LogP contribution in [0.15, 0.2) is 29.6 Å². The molecular weight excluding hydrogens is 286 g/mol. The van der Waals surface area contributed by atoms with Gasteiger partial charge >= 0.3 is 0 Å². The molecule has 21 heavy (non-hydrogen) atoms. The van der Waals surface area contributed by atoms with Gasteiger partial charge in [-0.05, 0) is 44.0 Å². The van der Waals surface area contributed by atoms with Crippen LogP contribution < -0.4 is 15.4 Å². The Morgan fingerprint density at radius 2 is 2.14 bits per heavy atom. The van der Waals surface area contributed by atoms with Gasteiger partial charge < -0.3 is 15.4 Å². The van der Waals surface area contributed by atoms with E-state index in [2.05, 4.69) is 15.6 Å². The number of nitrogens with one attached hydrogen (secondary N) is 2. The van der Waals surface area contributed by atoms with Crippen molar-refractivity contribution in [1.29, 1.82) is 0 Å². The summed E-state index contributed by atoms with van der Waals surface area (Å²) in [6, 6.07) is 8.01. The predicted molar refractivity (Wildman–Crippen MR) is 83.5 cm³/mol. The number of ether oxygens (including phenoxy) is 1. The van der Waals surface area contributed by atoms with E-state index >= 15 is 0 Å². The minimum Gasteiger partial charge on any atom is -0.494 e. The van der Waals surface area contributed by atoms with E-state index in [0.717, 1.165) is 24.3 Å². The van der Waals surface area contributed by atoms with Crippen LogP contribution in [0.4, 0.5) is 10.8 Å². The second-order valence-corrected chi connectivity index (χ2v) is 5.73. The molecule has 5 nitrogen and oxygen atoms in total. The van der Waals surface area contributed by atoms with Crippen LogP contribution in [-0.2, 0) is 0 Å². The molecule has 1 saturated carbocycles. The van der Waals surface area contributed by atoms with Gasteiger partial charge in [-0.15, -0.1) is 11.3 Å². The van der Waals surface area contributed by atoms with Crippen LogP contribution in [0.25, 0.3) is 0 Å². The van der Waals surface area contributed by atoms with Gasteiger partial charge in [0.25, 0.3) is 5.91 Å². The summed E-state index contributed by atoms with van der Waals surface area (Å²) in [5.74, 6) is 0.750.